The van der Waals surface area contributed by atoms with E-state index in [1.807, 2.05) is 10.7 Å². The van der Waals surface area contributed by atoms with Crippen molar-refractivity contribution in [3.63, 3.8) is 0 Å². The van der Waals surface area contributed by atoms with E-state index in [0.29, 0.717) is 28.5 Å². The minimum absolute atomic E-state index is 0.330. The zero-order chi connectivity index (χ0) is 14.8. The lowest BCUT2D eigenvalue weighted by molar-refractivity contribution is 0.306. The highest BCUT2D eigenvalue weighted by atomic mass is 35.5. The Balaban J connectivity index is 2.02. The Morgan fingerprint density at radius 2 is 2.05 bits per heavy atom. The van der Waals surface area contributed by atoms with Crippen molar-refractivity contribution in [2.45, 2.75) is 45.1 Å². The predicted molar refractivity (Wildman–Crippen MR) is 84.0 cm³/mol. The number of nitrogen functional groups attached to an aromatic ring is 1. The number of hydrogen-bond donors (Lipinski definition) is 1. The van der Waals surface area contributed by atoms with Gasteiger partial charge in [-0.1, -0.05) is 37.8 Å². The van der Waals surface area contributed by atoms with E-state index in [4.69, 9.17) is 17.3 Å². The van der Waals surface area contributed by atoms with Crippen molar-refractivity contribution in [3.05, 3.63) is 23.2 Å². The van der Waals surface area contributed by atoms with Crippen molar-refractivity contribution in [3.8, 4) is 11.4 Å². The third-order valence-corrected chi connectivity index (χ3v) is 4.61. The third-order valence-electron chi connectivity index (χ3n) is 4.38. The molecule has 0 amide bonds. The first-order chi connectivity index (χ1) is 10.2. The fourth-order valence-corrected chi connectivity index (χ4v) is 3.33. The van der Waals surface area contributed by atoms with Gasteiger partial charge >= 0.3 is 0 Å². The van der Waals surface area contributed by atoms with Crippen molar-refractivity contribution in [1.82, 2.24) is 20.2 Å². The van der Waals surface area contributed by atoms with Gasteiger partial charge in [0.1, 0.15) is 0 Å². The summed E-state index contributed by atoms with van der Waals surface area (Å²) in [6.45, 7) is 2.28. The van der Waals surface area contributed by atoms with Gasteiger partial charge in [-0.05, 0) is 47.4 Å². The van der Waals surface area contributed by atoms with Crippen molar-refractivity contribution in [2.75, 3.05) is 5.73 Å². The first-order valence-corrected chi connectivity index (χ1v) is 7.88. The quantitative estimate of drug-likeness (QED) is 0.678. The molecule has 1 fully saturated rings. The van der Waals surface area contributed by atoms with Gasteiger partial charge < -0.3 is 5.73 Å². The summed E-state index contributed by atoms with van der Waals surface area (Å²) in [5, 5.41) is 12.9. The summed E-state index contributed by atoms with van der Waals surface area (Å²) >= 11 is 6.09. The summed E-state index contributed by atoms with van der Waals surface area (Å²) in [5.74, 6) is 1.28. The van der Waals surface area contributed by atoms with Crippen LogP contribution in [0.3, 0.4) is 0 Å². The Morgan fingerprint density at radius 1 is 1.24 bits per heavy atom. The molecule has 112 valence electrons. The van der Waals surface area contributed by atoms with E-state index in [2.05, 4.69) is 22.4 Å². The van der Waals surface area contributed by atoms with E-state index < -0.39 is 0 Å². The predicted octanol–water partition coefficient (Wildman–Crippen LogP) is 3.72. The van der Waals surface area contributed by atoms with E-state index in [0.717, 1.165) is 12.0 Å². The minimum Gasteiger partial charge on any atom is -0.398 e. The van der Waals surface area contributed by atoms with Crippen LogP contribution in [0.5, 0.6) is 0 Å². The maximum atomic E-state index is 6.09. The van der Waals surface area contributed by atoms with E-state index >= 15 is 0 Å². The summed E-state index contributed by atoms with van der Waals surface area (Å²) in [5.41, 5.74) is 7.54. The lowest BCUT2D eigenvalue weighted by Crippen LogP contribution is -2.19. The highest BCUT2D eigenvalue weighted by Gasteiger charge is 2.26. The largest absolute Gasteiger partial charge is 0.398 e. The molecule has 2 aromatic rings. The second kappa shape index (κ2) is 6.02. The molecule has 21 heavy (non-hydrogen) atoms. The van der Waals surface area contributed by atoms with Gasteiger partial charge in [0, 0.05) is 16.3 Å². The molecule has 0 bridgehead atoms. The molecule has 2 N–H and O–H groups in total. The first kappa shape index (κ1) is 14.3. The summed E-state index contributed by atoms with van der Waals surface area (Å²) in [6.07, 6.45) is 6.13. The first-order valence-electron chi connectivity index (χ1n) is 7.50. The Hall–Kier alpha value is -1.62. The monoisotopic (exact) mass is 305 g/mol. The van der Waals surface area contributed by atoms with Crippen LogP contribution in [0.25, 0.3) is 11.4 Å². The molecule has 3 rings (SSSR count). The Bertz CT molecular complexity index is 624. The van der Waals surface area contributed by atoms with Gasteiger partial charge in [-0.3, -0.25) is 0 Å². The van der Waals surface area contributed by atoms with Crippen LogP contribution in [0.1, 0.15) is 45.1 Å². The molecule has 0 radical (unpaired) electrons. The molecule has 0 aliphatic heterocycles. The van der Waals surface area contributed by atoms with Crippen LogP contribution < -0.4 is 5.73 Å². The van der Waals surface area contributed by atoms with Crippen LogP contribution in [-0.2, 0) is 0 Å². The number of benzene rings is 1. The van der Waals surface area contributed by atoms with E-state index in [1.54, 1.807) is 12.1 Å². The number of hydrogen-bond acceptors (Lipinski definition) is 4. The number of anilines is 1. The molecular weight excluding hydrogens is 286 g/mol. The van der Waals surface area contributed by atoms with Crippen molar-refractivity contribution < 1.29 is 0 Å². The van der Waals surface area contributed by atoms with Gasteiger partial charge in [0.15, 0.2) is 5.82 Å². The lowest BCUT2D eigenvalue weighted by Gasteiger charge is -2.22. The van der Waals surface area contributed by atoms with Crippen LogP contribution in [0, 0.1) is 5.92 Å². The molecule has 1 heterocycles. The molecule has 0 spiro atoms. The highest BCUT2D eigenvalue weighted by molar-refractivity contribution is 6.31. The van der Waals surface area contributed by atoms with Crippen molar-refractivity contribution >= 4 is 17.3 Å². The Labute approximate surface area is 129 Å². The van der Waals surface area contributed by atoms with Crippen LogP contribution >= 0.6 is 11.6 Å². The number of tetrazole rings is 1. The maximum absolute atomic E-state index is 6.09. The molecule has 5 nitrogen and oxygen atoms in total. The van der Waals surface area contributed by atoms with Crippen LogP contribution in [0.2, 0.25) is 5.02 Å². The van der Waals surface area contributed by atoms with Gasteiger partial charge in [-0.15, -0.1) is 5.10 Å². The summed E-state index contributed by atoms with van der Waals surface area (Å²) < 4.78 is 1.94. The van der Waals surface area contributed by atoms with E-state index in [-0.39, 0.29) is 0 Å². The van der Waals surface area contributed by atoms with Gasteiger partial charge in [-0.2, -0.15) is 0 Å². The molecule has 0 saturated heterocycles. The molecule has 2 unspecified atom stereocenters. The smallest absolute Gasteiger partial charge is 0.184 e. The normalized spacial score (nSPS) is 23.0. The number of nitrogens with two attached hydrogens (primary N) is 1. The molecule has 2 atom stereocenters. The van der Waals surface area contributed by atoms with Crippen molar-refractivity contribution in [1.29, 1.82) is 0 Å². The minimum atomic E-state index is 0.330. The Kier molecular flexibility index (Phi) is 4.10. The van der Waals surface area contributed by atoms with Crippen LogP contribution in [0.4, 0.5) is 5.69 Å². The molecular formula is C15H20ClN5. The van der Waals surface area contributed by atoms with Gasteiger partial charge in [-0.25, -0.2) is 4.68 Å². The number of nitrogens with zero attached hydrogens (tertiary/aromatic N) is 4. The maximum Gasteiger partial charge on any atom is 0.184 e. The summed E-state index contributed by atoms with van der Waals surface area (Å²) in [4.78, 5) is 0. The standard InChI is InChI=1S/C15H20ClN5/c1-10-5-3-2-4-6-14(10)21-15(18-19-20-21)12-9-11(16)7-8-13(12)17/h7-10,14H,2-6,17H2,1H3. The Morgan fingerprint density at radius 3 is 2.90 bits per heavy atom. The fraction of sp³-hybridized carbons (Fsp3) is 0.533. The van der Waals surface area contributed by atoms with E-state index in [1.165, 1.54) is 25.7 Å². The third kappa shape index (κ3) is 2.88. The molecule has 1 aromatic heterocycles. The van der Waals surface area contributed by atoms with Gasteiger partial charge in [0.2, 0.25) is 0 Å². The van der Waals surface area contributed by atoms with E-state index in [9.17, 15) is 0 Å². The number of rotatable bonds is 2. The zero-order valence-electron chi connectivity index (χ0n) is 12.2. The van der Waals surface area contributed by atoms with Crippen LogP contribution in [-0.4, -0.2) is 20.2 Å². The lowest BCUT2D eigenvalue weighted by atomic mass is 9.97. The summed E-state index contributed by atoms with van der Waals surface area (Å²) in [6, 6.07) is 5.74. The fourth-order valence-electron chi connectivity index (χ4n) is 3.15. The molecule has 1 aliphatic carbocycles. The second-order valence-corrected chi connectivity index (χ2v) is 6.30. The second-order valence-electron chi connectivity index (χ2n) is 5.86. The average molecular weight is 306 g/mol. The molecule has 1 aliphatic rings. The topological polar surface area (TPSA) is 69.6 Å². The highest BCUT2D eigenvalue weighted by Crippen LogP contribution is 2.35. The van der Waals surface area contributed by atoms with Crippen molar-refractivity contribution in [2.24, 2.45) is 5.92 Å². The zero-order valence-corrected chi connectivity index (χ0v) is 12.9. The van der Waals surface area contributed by atoms with Crippen LogP contribution in [0.15, 0.2) is 18.2 Å². The number of halogens is 1. The molecule has 1 saturated carbocycles. The van der Waals surface area contributed by atoms with Gasteiger partial charge in [0.25, 0.3) is 0 Å². The summed E-state index contributed by atoms with van der Waals surface area (Å²) in [7, 11) is 0. The molecule has 6 heteroatoms. The number of aromatic nitrogens is 4. The molecule has 1 aromatic carbocycles. The average Bonchev–Trinajstić information content (AvgIpc) is 2.84. The van der Waals surface area contributed by atoms with Gasteiger partial charge in [0.05, 0.1) is 6.04 Å². The SMILES string of the molecule is CC1CCCCCC1n1nnnc1-c1cc(Cl)ccc1N.